The van der Waals surface area contributed by atoms with E-state index in [0.29, 0.717) is 13.2 Å². The van der Waals surface area contributed by atoms with Crippen LogP contribution in [-0.4, -0.2) is 25.3 Å². The maximum atomic E-state index is 10.8. The van der Waals surface area contributed by atoms with E-state index in [1.54, 1.807) is 0 Å². The molecule has 1 aliphatic heterocycles. The summed E-state index contributed by atoms with van der Waals surface area (Å²) < 4.78 is 10.6. The lowest BCUT2D eigenvalue weighted by molar-refractivity contribution is 0.104. The minimum Gasteiger partial charge on any atom is -0.489 e. The Bertz CT molecular complexity index is 406. The van der Waals surface area contributed by atoms with Crippen LogP contribution in [0.5, 0.6) is 5.75 Å². The van der Waals surface area contributed by atoms with Crippen LogP contribution in [0.4, 0.5) is 4.79 Å². The second kappa shape index (κ2) is 5.05. The molecule has 1 saturated heterocycles. The third-order valence-corrected chi connectivity index (χ3v) is 2.58. The second-order valence-electron chi connectivity index (χ2n) is 4.05. The van der Waals surface area contributed by atoms with E-state index in [1.165, 1.54) is 0 Å². The molecule has 17 heavy (non-hydrogen) atoms. The van der Waals surface area contributed by atoms with Crippen LogP contribution in [0, 0.1) is 0 Å². The van der Waals surface area contributed by atoms with Crippen LogP contribution in [0.2, 0.25) is 0 Å². The Morgan fingerprint density at radius 2 is 2.35 bits per heavy atom. The molecule has 1 heterocycles. The van der Waals surface area contributed by atoms with Gasteiger partial charge in [-0.3, -0.25) is 0 Å². The molecule has 2 rings (SSSR count). The molecule has 0 aromatic heterocycles. The molecule has 1 aliphatic rings. The van der Waals surface area contributed by atoms with Gasteiger partial charge in [0.2, 0.25) is 0 Å². The van der Waals surface area contributed by atoms with Crippen LogP contribution < -0.4 is 15.8 Å². The van der Waals surface area contributed by atoms with Gasteiger partial charge in [-0.25, -0.2) is 4.79 Å². The zero-order valence-electron chi connectivity index (χ0n) is 9.68. The first-order valence-corrected chi connectivity index (χ1v) is 5.58. The Morgan fingerprint density at radius 3 is 3.00 bits per heavy atom. The maximum absolute atomic E-state index is 10.8. The fraction of sp³-hybridized carbons (Fsp3) is 0.417. The van der Waals surface area contributed by atoms with E-state index in [9.17, 15) is 4.79 Å². The van der Waals surface area contributed by atoms with Gasteiger partial charge in [-0.1, -0.05) is 18.2 Å². The van der Waals surface area contributed by atoms with Gasteiger partial charge in [0.1, 0.15) is 12.4 Å². The van der Waals surface area contributed by atoms with Gasteiger partial charge in [-0.05, 0) is 13.0 Å². The fourth-order valence-corrected chi connectivity index (χ4v) is 1.70. The summed E-state index contributed by atoms with van der Waals surface area (Å²) >= 11 is 0. The number of carbonyl (C=O) groups excluding carboxylic acids is 1. The Kier molecular flexibility index (Phi) is 3.49. The first-order valence-electron chi connectivity index (χ1n) is 5.58. The number of para-hydroxylation sites is 1. The van der Waals surface area contributed by atoms with Crippen molar-refractivity contribution in [3.63, 3.8) is 0 Å². The SMILES string of the molecule is C[C@@H](N)c1ccccc1OCC1CNC(=O)O1. The van der Waals surface area contributed by atoms with E-state index >= 15 is 0 Å². The Balaban J connectivity index is 1.96. The zero-order chi connectivity index (χ0) is 12.3. The smallest absolute Gasteiger partial charge is 0.407 e. The molecule has 1 aromatic rings. The Hall–Kier alpha value is -1.75. The van der Waals surface area contributed by atoms with Gasteiger partial charge in [0.25, 0.3) is 0 Å². The molecule has 5 heteroatoms. The van der Waals surface area contributed by atoms with Gasteiger partial charge in [0.05, 0.1) is 6.54 Å². The number of rotatable bonds is 4. The van der Waals surface area contributed by atoms with Gasteiger partial charge in [-0.2, -0.15) is 0 Å². The third-order valence-electron chi connectivity index (χ3n) is 2.58. The molecule has 1 unspecified atom stereocenters. The number of amides is 1. The fourth-order valence-electron chi connectivity index (χ4n) is 1.70. The summed E-state index contributed by atoms with van der Waals surface area (Å²) in [5.41, 5.74) is 6.79. The van der Waals surface area contributed by atoms with Crippen molar-refractivity contribution in [1.29, 1.82) is 0 Å². The summed E-state index contributed by atoms with van der Waals surface area (Å²) in [5.74, 6) is 0.741. The molecular weight excluding hydrogens is 220 g/mol. The van der Waals surface area contributed by atoms with Crippen molar-refractivity contribution in [3.8, 4) is 5.75 Å². The summed E-state index contributed by atoms with van der Waals surface area (Å²) in [7, 11) is 0. The molecule has 0 aliphatic carbocycles. The Morgan fingerprint density at radius 1 is 1.59 bits per heavy atom. The summed E-state index contributed by atoms with van der Waals surface area (Å²) in [6.45, 7) is 2.72. The minimum atomic E-state index is -0.390. The molecule has 2 atom stereocenters. The molecule has 0 bridgehead atoms. The number of hydrogen-bond donors (Lipinski definition) is 2. The lowest BCUT2D eigenvalue weighted by atomic mass is 10.1. The third kappa shape index (κ3) is 2.88. The number of carbonyl (C=O) groups is 1. The molecule has 0 saturated carbocycles. The average molecular weight is 236 g/mol. The molecule has 0 radical (unpaired) electrons. The molecule has 1 fully saturated rings. The predicted molar refractivity (Wildman–Crippen MR) is 62.8 cm³/mol. The lowest BCUT2D eigenvalue weighted by Crippen LogP contribution is -2.22. The van der Waals surface area contributed by atoms with Crippen LogP contribution in [-0.2, 0) is 4.74 Å². The molecule has 1 amide bonds. The van der Waals surface area contributed by atoms with E-state index in [2.05, 4.69) is 5.32 Å². The van der Waals surface area contributed by atoms with Crippen LogP contribution >= 0.6 is 0 Å². The largest absolute Gasteiger partial charge is 0.489 e. The van der Waals surface area contributed by atoms with Crippen LogP contribution in [0.3, 0.4) is 0 Å². The lowest BCUT2D eigenvalue weighted by Gasteiger charge is -2.15. The van der Waals surface area contributed by atoms with Crippen molar-refractivity contribution in [2.75, 3.05) is 13.2 Å². The number of nitrogens with one attached hydrogen (secondary N) is 1. The summed E-state index contributed by atoms with van der Waals surface area (Å²) in [6, 6.07) is 7.51. The summed E-state index contributed by atoms with van der Waals surface area (Å²) in [5, 5.41) is 2.58. The molecule has 92 valence electrons. The number of cyclic esters (lactones) is 1. The number of alkyl carbamates (subject to hydrolysis) is 1. The first-order chi connectivity index (χ1) is 8.16. The summed E-state index contributed by atoms with van der Waals surface area (Å²) in [6.07, 6.45) is -0.622. The van der Waals surface area contributed by atoms with Crippen molar-refractivity contribution in [1.82, 2.24) is 5.32 Å². The highest BCUT2D eigenvalue weighted by Gasteiger charge is 2.23. The zero-order valence-corrected chi connectivity index (χ0v) is 9.68. The molecular formula is C12H16N2O3. The number of hydrogen-bond acceptors (Lipinski definition) is 4. The maximum Gasteiger partial charge on any atom is 0.407 e. The van der Waals surface area contributed by atoms with Crippen LogP contribution in [0.1, 0.15) is 18.5 Å². The number of benzene rings is 1. The van der Waals surface area contributed by atoms with E-state index in [4.69, 9.17) is 15.2 Å². The molecule has 1 aromatic carbocycles. The molecule has 3 N–H and O–H groups in total. The highest BCUT2D eigenvalue weighted by molar-refractivity contribution is 5.69. The monoisotopic (exact) mass is 236 g/mol. The van der Waals surface area contributed by atoms with Crippen molar-refractivity contribution in [2.45, 2.75) is 19.1 Å². The van der Waals surface area contributed by atoms with Crippen molar-refractivity contribution < 1.29 is 14.3 Å². The van der Waals surface area contributed by atoms with E-state index < -0.39 is 0 Å². The minimum absolute atomic E-state index is 0.0875. The highest BCUT2D eigenvalue weighted by Crippen LogP contribution is 2.23. The number of ether oxygens (including phenoxy) is 2. The van der Waals surface area contributed by atoms with E-state index in [1.807, 2.05) is 31.2 Å². The Labute approximate surface area is 99.9 Å². The van der Waals surface area contributed by atoms with Crippen molar-refractivity contribution >= 4 is 6.09 Å². The molecule has 5 nitrogen and oxygen atoms in total. The van der Waals surface area contributed by atoms with E-state index in [-0.39, 0.29) is 18.2 Å². The molecule has 0 spiro atoms. The second-order valence-corrected chi connectivity index (χ2v) is 4.05. The number of nitrogens with two attached hydrogens (primary N) is 1. The van der Waals surface area contributed by atoms with Crippen LogP contribution in [0.15, 0.2) is 24.3 Å². The highest BCUT2D eigenvalue weighted by atomic mass is 16.6. The van der Waals surface area contributed by atoms with Gasteiger partial charge in [-0.15, -0.1) is 0 Å². The normalized spacial score (nSPS) is 20.6. The first kappa shape index (κ1) is 11.7. The topological polar surface area (TPSA) is 73.6 Å². The van der Waals surface area contributed by atoms with Gasteiger partial charge in [0.15, 0.2) is 6.10 Å². The van der Waals surface area contributed by atoms with Gasteiger partial charge >= 0.3 is 6.09 Å². The average Bonchev–Trinajstić information content (AvgIpc) is 2.73. The van der Waals surface area contributed by atoms with Crippen LogP contribution in [0.25, 0.3) is 0 Å². The van der Waals surface area contributed by atoms with Crippen molar-refractivity contribution in [3.05, 3.63) is 29.8 Å². The van der Waals surface area contributed by atoms with E-state index in [0.717, 1.165) is 11.3 Å². The van der Waals surface area contributed by atoms with Crippen molar-refractivity contribution in [2.24, 2.45) is 5.73 Å². The summed E-state index contributed by atoms with van der Waals surface area (Å²) in [4.78, 5) is 10.8. The van der Waals surface area contributed by atoms with Gasteiger partial charge < -0.3 is 20.5 Å². The quantitative estimate of drug-likeness (QED) is 0.823. The van der Waals surface area contributed by atoms with Gasteiger partial charge in [0, 0.05) is 11.6 Å². The predicted octanol–water partition coefficient (Wildman–Crippen LogP) is 1.19. The standard InChI is InChI=1S/C12H16N2O3/c1-8(13)10-4-2-3-5-11(10)16-7-9-6-14-12(15)17-9/h2-5,8-9H,6-7,13H2,1H3,(H,14,15)/t8-,9?/m1/s1.